The predicted molar refractivity (Wildman–Crippen MR) is 115 cm³/mol. The molecule has 6 heteroatoms. The Hall–Kier alpha value is -1.47. The number of likely N-dealkylation sites (N-methyl/N-ethyl adjacent to an activating group) is 1. The van der Waals surface area contributed by atoms with Gasteiger partial charge in [-0.3, -0.25) is 0 Å². The van der Waals surface area contributed by atoms with Gasteiger partial charge in [0, 0.05) is 43.0 Å². The van der Waals surface area contributed by atoms with Gasteiger partial charge in [-0.15, -0.1) is 11.3 Å². The van der Waals surface area contributed by atoms with E-state index in [1.807, 2.05) is 23.7 Å². The van der Waals surface area contributed by atoms with Crippen molar-refractivity contribution in [3.05, 3.63) is 46.4 Å². The third-order valence-corrected chi connectivity index (χ3v) is 6.09. The highest BCUT2D eigenvalue weighted by Crippen LogP contribution is 2.22. The second-order valence-corrected chi connectivity index (χ2v) is 8.43. The van der Waals surface area contributed by atoms with E-state index in [1.165, 1.54) is 32.1 Å². The maximum Gasteiger partial charge on any atom is 0.123 e. The number of benzene rings is 1. The van der Waals surface area contributed by atoms with Crippen molar-refractivity contribution in [3.8, 4) is 5.75 Å². The quantitative estimate of drug-likeness (QED) is 0.563. The molecule has 1 fully saturated rings. The van der Waals surface area contributed by atoms with Gasteiger partial charge in [0.1, 0.15) is 18.5 Å². The summed E-state index contributed by atoms with van der Waals surface area (Å²) in [6, 6.07) is 8.67. The van der Waals surface area contributed by atoms with E-state index in [9.17, 15) is 5.11 Å². The van der Waals surface area contributed by atoms with Crippen LogP contribution in [0.2, 0.25) is 0 Å². The first-order chi connectivity index (χ1) is 13.7. The molecule has 3 rings (SSSR count). The lowest BCUT2D eigenvalue weighted by Gasteiger charge is -2.32. The molecule has 1 aliphatic rings. The van der Waals surface area contributed by atoms with Crippen molar-refractivity contribution < 1.29 is 9.84 Å². The number of ether oxygens (including phenoxy) is 1. The van der Waals surface area contributed by atoms with Crippen LogP contribution in [-0.2, 0) is 13.0 Å². The van der Waals surface area contributed by atoms with Gasteiger partial charge in [0.2, 0.25) is 0 Å². The lowest BCUT2D eigenvalue weighted by molar-refractivity contribution is 0.0558. The van der Waals surface area contributed by atoms with Gasteiger partial charge >= 0.3 is 0 Å². The van der Waals surface area contributed by atoms with Gasteiger partial charge in [-0.25, -0.2) is 4.98 Å². The van der Waals surface area contributed by atoms with Crippen molar-refractivity contribution in [1.29, 1.82) is 0 Å². The van der Waals surface area contributed by atoms with Crippen LogP contribution in [-0.4, -0.2) is 53.9 Å². The van der Waals surface area contributed by atoms with Crippen molar-refractivity contribution in [3.63, 3.8) is 0 Å². The smallest absolute Gasteiger partial charge is 0.123 e. The summed E-state index contributed by atoms with van der Waals surface area (Å²) in [5.41, 5.74) is 4.12. The molecule has 0 radical (unpaired) electrons. The van der Waals surface area contributed by atoms with Crippen LogP contribution < -0.4 is 10.1 Å². The summed E-state index contributed by atoms with van der Waals surface area (Å²) in [7, 11) is 2.12. The minimum Gasteiger partial charge on any atom is -0.491 e. The second-order valence-electron chi connectivity index (χ2n) is 7.71. The summed E-state index contributed by atoms with van der Waals surface area (Å²) in [6.07, 6.45) is 6.93. The van der Waals surface area contributed by atoms with Crippen molar-refractivity contribution >= 4 is 11.3 Å². The van der Waals surface area contributed by atoms with Gasteiger partial charge in [-0.2, -0.15) is 0 Å². The molecule has 0 saturated heterocycles. The van der Waals surface area contributed by atoms with Gasteiger partial charge in [0.05, 0.1) is 11.2 Å². The Morgan fingerprint density at radius 1 is 1.29 bits per heavy atom. The van der Waals surface area contributed by atoms with Crippen molar-refractivity contribution in [1.82, 2.24) is 15.2 Å². The maximum atomic E-state index is 10.4. The molecule has 0 spiro atoms. The Labute approximate surface area is 172 Å². The average molecular weight is 404 g/mol. The zero-order chi connectivity index (χ0) is 19.6. The van der Waals surface area contributed by atoms with E-state index >= 15 is 0 Å². The van der Waals surface area contributed by atoms with Crippen molar-refractivity contribution in [2.75, 3.05) is 26.7 Å². The summed E-state index contributed by atoms with van der Waals surface area (Å²) < 4.78 is 5.96. The topological polar surface area (TPSA) is 57.6 Å². The van der Waals surface area contributed by atoms with Crippen LogP contribution in [0.3, 0.4) is 0 Å². The van der Waals surface area contributed by atoms with Crippen molar-refractivity contribution in [2.45, 2.75) is 57.2 Å². The van der Waals surface area contributed by atoms with Crippen LogP contribution in [0, 0.1) is 0 Å². The average Bonchev–Trinajstić information content (AvgIpc) is 3.24. The van der Waals surface area contributed by atoms with Crippen LogP contribution in [0.25, 0.3) is 0 Å². The van der Waals surface area contributed by atoms with Crippen LogP contribution in [0.5, 0.6) is 5.75 Å². The monoisotopic (exact) mass is 403 g/mol. The number of nitrogens with one attached hydrogen (secondary N) is 1. The maximum absolute atomic E-state index is 10.4. The van der Waals surface area contributed by atoms with E-state index in [1.54, 1.807) is 11.3 Å². The minimum atomic E-state index is -0.474. The Kier molecular flexibility index (Phi) is 8.73. The number of aromatic nitrogens is 1. The summed E-state index contributed by atoms with van der Waals surface area (Å²) in [5, 5.41) is 16.0. The lowest BCUT2D eigenvalue weighted by Crippen LogP contribution is -2.40. The van der Waals surface area contributed by atoms with Gasteiger partial charge in [-0.1, -0.05) is 37.5 Å². The molecule has 28 heavy (non-hydrogen) atoms. The Morgan fingerprint density at radius 3 is 2.89 bits per heavy atom. The van der Waals surface area contributed by atoms with Crippen LogP contribution in [0.4, 0.5) is 0 Å². The summed E-state index contributed by atoms with van der Waals surface area (Å²) in [5.74, 6) is 0.850. The minimum absolute atomic E-state index is 0.326. The highest BCUT2D eigenvalue weighted by Gasteiger charge is 2.20. The largest absolute Gasteiger partial charge is 0.491 e. The molecule has 2 N–H and O–H groups in total. The van der Waals surface area contributed by atoms with E-state index in [0.29, 0.717) is 19.2 Å². The van der Waals surface area contributed by atoms with Gasteiger partial charge in [0.25, 0.3) is 0 Å². The molecule has 5 nitrogen and oxygen atoms in total. The Balaban J connectivity index is 1.40. The van der Waals surface area contributed by atoms with Gasteiger partial charge in [0.15, 0.2) is 0 Å². The Bertz CT molecular complexity index is 674. The number of para-hydroxylation sites is 1. The molecular weight excluding hydrogens is 370 g/mol. The van der Waals surface area contributed by atoms with E-state index in [0.717, 1.165) is 36.5 Å². The molecular formula is C22H33N3O2S. The molecule has 2 aromatic rings. The Morgan fingerprint density at radius 2 is 2.11 bits per heavy atom. The number of hydrogen-bond acceptors (Lipinski definition) is 6. The van der Waals surface area contributed by atoms with Gasteiger partial charge in [-0.05, 0) is 26.0 Å². The number of thiazole rings is 1. The first kappa shape index (κ1) is 21.2. The van der Waals surface area contributed by atoms with Crippen LogP contribution in [0.15, 0.2) is 35.2 Å². The molecule has 1 saturated carbocycles. The molecule has 0 aliphatic heterocycles. The summed E-state index contributed by atoms with van der Waals surface area (Å²) >= 11 is 1.63. The highest BCUT2D eigenvalue weighted by atomic mass is 32.1. The zero-order valence-electron chi connectivity index (χ0n) is 16.8. The number of rotatable bonds is 11. The predicted octanol–water partition coefficient (Wildman–Crippen LogP) is 3.48. The van der Waals surface area contributed by atoms with E-state index < -0.39 is 6.10 Å². The fraction of sp³-hybridized carbons (Fsp3) is 0.591. The molecule has 1 aliphatic carbocycles. The fourth-order valence-electron chi connectivity index (χ4n) is 3.83. The number of aliphatic hydroxyl groups excluding tert-OH is 1. The summed E-state index contributed by atoms with van der Waals surface area (Å²) in [4.78, 5) is 6.61. The van der Waals surface area contributed by atoms with Crippen LogP contribution >= 0.6 is 11.3 Å². The molecule has 0 unspecified atom stereocenters. The molecule has 1 atom stereocenters. The molecule has 1 aromatic heterocycles. The highest BCUT2D eigenvalue weighted by molar-refractivity contribution is 7.07. The lowest BCUT2D eigenvalue weighted by atomic mass is 9.94. The number of hydrogen-bond donors (Lipinski definition) is 2. The molecule has 1 aromatic carbocycles. The molecule has 0 amide bonds. The van der Waals surface area contributed by atoms with Crippen molar-refractivity contribution in [2.24, 2.45) is 0 Å². The van der Waals surface area contributed by atoms with E-state index in [-0.39, 0.29) is 0 Å². The summed E-state index contributed by atoms with van der Waals surface area (Å²) in [6.45, 7) is 2.62. The van der Waals surface area contributed by atoms with Gasteiger partial charge < -0.3 is 20.1 Å². The zero-order valence-corrected chi connectivity index (χ0v) is 17.7. The van der Waals surface area contributed by atoms with E-state index in [2.05, 4.69) is 33.7 Å². The standard InChI is InChI=1S/C22H33N3O2S/c1-25(20-8-3-2-4-9-20)14-21(26)15-27-22-10-6-5-7-18(22)13-23-12-11-19-16-28-17-24-19/h5-7,10,16-17,20-21,23,26H,2-4,8-9,11-15H2,1H3/t21-/m0/s1. The first-order valence-electron chi connectivity index (χ1n) is 10.4. The molecule has 1 heterocycles. The third kappa shape index (κ3) is 6.85. The second kappa shape index (κ2) is 11.5. The SMILES string of the molecule is CN(C[C@H](O)COc1ccccc1CNCCc1cscn1)C1CCCCC1. The number of aliphatic hydroxyl groups is 1. The number of nitrogens with zero attached hydrogens (tertiary/aromatic N) is 2. The molecule has 0 bridgehead atoms. The first-order valence-corrected chi connectivity index (χ1v) is 11.3. The van der Waals surface area contributed by atoms with E-state index in [4.69, 9.17) is 4.74 Å². The molecule has 154 valence electrons. The fourth-order valence-corrected chi connectivity index (χ4v) is 4.43. The third-order valence-electron chi connectivity index (χ3n) is 5.46. The normalized spacial score (nSPS) is 16.4. The van der Waals surface area contributed by atoms with Crippen LogP contribution in [0.1, 0.15) is 43.4 Å².